The van der Waals surface area contributed by atoms with Gasteiger partial charge < -0.3 is 15.4 Å². The highest BCUT2D eigenvalue weighted by Gasteiger charge is 2.16. The van der Waals surface area contributed by atoms with Crippen molar-refractivity contribution in [3.05, 3.63) is 113 Å². The van der Waals surface area contributed by atoms with Gasteiger partial charge in [0.1, 0.15) is 11.4 Å². The van der Waals surface area contributed by atoms with E-state index in [1.54, 1.807) is 37.5 Å². The van der Waals surface area contributed by atoms with Crippen molar-refractivity contribution in [2.75, 3.05) is 12.4 Å². The summed E-state index contributed by atoms with van der Waals surface area (Å²) in [4.78, 5) is 26.2. The smallest absolute Gasteiger partial charge is 0.272 e. The van der Waals surface area contributed by atoms with Gasteiger partial charge in [-0.25, -0.2) is 0 Å². The summed E-state index contributed by atoms with van der Waals surface area (Å²) in [5.41, 5.74) is 3.08. The average Bonchev–Trinajstić information content (AvgIpc) is 2.84. The van der Waals surface area contributed by atoms with Crippen LogP contribution in [0.15, 0.2) is 96.7 Å². The van der Waals surface area contributed by atoms with E-state index in [1.165, 1.54) is 0 Å². The minimum absolute atomic E-state index is 0.147. The number of carbonyl (C=O) groups excluding carboxylic acids is 2. The molecule has 4 aromatic rings. The minimum atomic E-state index is -0.407. The van der Waals surface area contributed by atoms with Gasteiger partial charge in [0.15, 0.2) is 0 Å². The van der Waals surface area contributed by atoms with E-state index in [0.29, 0.717) is 17.0 Å². The number of rotatable bonds is 6. The van der Waals surface area contributed by atoms with E-state index < -0.39 is 5.91 Å². The van der Waals surface area contributed by atoms with E-state index in [-0.39, 0.29) is 11.6 Å². The van der Waals surface area contributed by atoms with Crippen molar-refractivity contribution in [2.45, 2.75) is 6.92 Å². The quantitative estimate of drug-likeness (QED) is 0.389. The van der Waals surface area contributed by atoms with Crippen LogP contribution >= 0.6 is 0 Å². The summed E-state index contributed by atoms with van der Waals surface area (Å²) < 4.78 is 5.16. The van der Waals surface area contributed by atoms with E-state index in [4.69, 9.17) is 4.74 Å². The van der Waals surface area contributed by atoms with Crippen molar-refractivity contribution in [2.24, 2.45) is 0 Å². The van der Waals surface area contributed by atoms with Crippen molar-refractivity contribution in [1.29, 1.82) is 0 Å². The molecular weight excluding hydrogens is 412 g/mol. The molecule has 0 atom stereocenters. The second-order valence-electron chi connectivity index (χ2n) is 7.63. The zero-order chi connectivity index (χ0) is 23.2. The van der Waals surface area contributed by atoms with Gasteiger partial charge in [-0.1, -0.05) is 54.6 Å². The van der Waals surface area contributed by atoms with E-state index in [9.17, 15) is 9.59 Å². The highest BCUT2D eigenvalue weighted by atomic mass is 16.5. The Hall–Kier alpha value is -4.38. The van der Waals surface area contributed by atoms with Gasteiger partial charge in [-0.15, -0.1) is 0 Å². The van der Waals surface area contributed by atoms with Crippen LogP contribution in [0.3, 0.4) is 0 Å². The summed E-state index contributed by atoms with van der Waals surface area (Å²) in [5, 5.41) is 7.71. The second-order valence-corrected chi connectivity index (χ2v) is 7.63. The summed E-state index contributed by atoms with van der Waals surface area (Å²) in [7, 11) is 1.57. The van der Waals surface area contributed by atoms with Crippen molar-refractivity contribution >= 4 is 34.4 Å². The van der Waals surface area contributed by atoms with Crippen LogP contribution in [-0.2, 0) is 4.79 Å². The predicted octanol–water partition coefficient (Wildman–Crippen LogP) is 5.57. The number of hydrogen-bond donors (Lipinski definition) is 2. The highest BCUT2D eigenvalue weighted by molar-refractivity contribution is 6.11. The number of ether oxygens (including phenoxy) is 1. The molecule has 2 amide bonds. The van der Waals surface area contributed by atoms with Gasteiger partial charge in [-0.05, 0) is 71.3 Å². The summed E-state index contributed by atoms with van der Waals surface area (Å²) in [6.45, 7) is 1.95. The molecule has 0 fully saturated rings. The topological polar surface area (TPSA) is 67.4 Å². The first kappa shape index (κ1) is 21.8. The molecule has 33 heavy (non-hydrogen) atoms. The third-order valence-corrected chi connectivity index (χ3v) is 5.24. The molecule has 4 rings (SSSR count). The zero-order valence-corrected chi connectivity index (χ0v) is 18.5. The van der Waals surface area contributed by atoms with E-state index in [2.05, 4.69) is 10.6 Å². The van der Waals surface area contributed by atoms with E-state index in [0.717, 1.165) is 21.9 Å². The summed E-state index contributed by atoms with van der Waals surface area (Å²) in [6.07, 6.45) is 1.70. The third-order valence-electron chi connectivity index (χ3n) is 5.24. The Kier molecular flexibility index (Phi) is 6.51. The van der Waals surface area contributed by atoms with Gasteiger partial charge in [0.05, 0.1) is 7.11 Å². The molecule has 0 saturated heterocycles. The fraction of sp³-hybridized carbons (Fsp3) is 0.0714. The molecule has 0 aromatic heterocycles. The Bertz CT molecular complexity index is 1340. The van der Waals surface area contributed by atoms with Crippen molar-refractivity contribution in [3.63, 3.8) is 0 Å². The SMILES string of the molecule is COc1ccc(C(=O)N/C(=C\c2cccc3ccccc23)C(=O)Nc2cccc(C)c2)cc1. The number of amides is 2. The molecule has 0 aliphatic carbocycles. The van der Waals surface area contributed by atoms with Crippen molar-refractivity contribution < 1.29 is 14.3 Å². The van der Waals surface area contributed by atoms with Crippen molar-refractivity contribution in [3.8, 4) is 5.75 Å². The van der Waals surface area contributed by atoms with Gasteiger partial charge in [0, 0.05) is 11.3 Å². The fourth-order valence-corrected chi connectivity index (χ4v) is 3.55. The van der Waals surface area contributed by atoms with Crippen LogP contribution in [0.5, 0.6) is 5.75 Å². The summed E-state index contributed by atoms with van der Waals surface area (Å²) >= 11 is 0. The van der Waals surface area contributed by atoms with Crippen molar-refractivity contribution in [1.82, 2.24) is 5.32 Å². The molecule has 4 aromatic carbocycles. The van der Waals surface area contributed by atoms with Crippen LogP contribution in [0.4, 0.5) is 5.69 Å². The number of benzene rings is 4. The lowest BCUT2D eigenvalue weighted by atomic mass is 10.0. The minimum Gasteiger partial charge on any atom is -0.497 e. The summed E-state index contributed by atoms with van der Waals surface area (Å²) in [6, 6.07) is 28.0. The normalized spacial score (nSPS) is 11.2. The zero-order valence-electron chi connectivity index (χ0n) is 18.5. The van der Waals surface area contributed by atoms with Gasteiger partial charge >= 0.3 is 0 Å². The molecule has 0 unspecified atom stereocenters. The first-order chi connectivity index (χ1) is 16.0. The lowest BCUT2D eigenvalue weighted by molar-refractivity contribution is -0.113. The standard InChI is InChI=1S/C28H24N2O3/c1-19-7-5-11-23(17-19)29-28(32)26(30-27(31)21-13-15-24(33-2)16-14-21)18-22-10-6-9-20-8-3-4-12-25(20)22/h3-18H,1-2H3,(H,29,32)(H,30,31)/b26-18-. The van der Waals surface area contributed by atoms with Crippen LogP contribution in [0, 0.1) is 6.92 Å². The van der Waals surface area contributed by atoms with Gasteiger partial charge in [-0.3, -0.25) is 9.59 Å². The van der Waals surface area contributed by atoms with Crippen LogP contribution in [0.25, 0.3) is 16.8 Å². The van der Waals surface area contributed by atoms with Gasteiger partial charge in [-0.2, -0.15) is 0 Å². The number of fused-ring (bicyclic) bond motifs is 1. The van der Waals surface area contributed by atoms with E-state index in [1.807, 2.05) is 73.7 Å². The molecule has 5 heteroatoms. The summed E-state index contributed by atoms with van der Waals surface area (Å²) in [5.74, 6) is -0.144. The molecule has 0 heterocycles. The molecule has 5 nitrogen and oxygen atoms in total. The maximum Gasteiger partial charge on any atom is 0.272 e. The Morgan fingerprint density at radius 3 is 2.33 bits per heavy atom. The first-order valence-electron chi connectivity index (χ1n) is 10.6. The number of nitrogens with one attached hydrogen (secondary N) is 2. The molecule has 0 aliphatic rings. The molecule has 0 radical (unpaired) electrons. The molecular formula is C28H24N2O3. The number of methoxy groups -OCH3 is 1. The Morgan fingerprint density at radius 2 is 1.58 bits per heavy atom. The molecule has 0 spiro atoms. The number of carbonyl (C=O) groups is 2. The monoisotopic (exact) mass is 436 g/mol. The van der Waals surface area contributed by atoms with Gasteiger partial charge in [0.25, 0.3) is 11.8 Å². The second kappa shape index (κ2) is 9.83. The molecule has 0 aliphatic heterocycles. The molecule has 2 N–H and O–H groups in total. The number of aryl methyl sites for hydroxylation is 1. The third kappa shape index (κ3) is 5.28. The Labute approximate surface area is 192 Å². The molecule has 164 valence electrons. The molecule has 0 saturated carbocycles. The van der Waals surface area contributed by atoms with E-state index >= 15 is 0 Å². The predicted molar refractivity (Wildman–Crippen MR) is 132 cm³/mol. The molecule has 0 bridgehead atoms. The fourth-order valence-electron chi connectivity index (χ4n) is 3.55. The first-order valence-corrected chi connectivity index (χ1v) is 10.6. The maximum absolute atomic E-state index is 13.2. The highest BCUT2D eigenvalue weighted by Crippen LogP contribution is 2.21. The van der Waals surface area contributed by atoms with Crippen LogP contribution < -0.4 is 15.4 Å². The van der Waals surface area contributed by atoms with Gasteiger partial charge in [0.2, 0.25) is 0 Å². The van der Waals surface area contributed by atoms with Crippen LogP contribution in [0.2, 0.25) is 0 Å². The lowest BCUT2D eigenvalue weighted by Crippen LogP contribution is -2.30. The largest absolute Gasteiger partial charge is 0.497 e. The number of anilines is 1. The average molecular weight is 437 g/mol. The Balaban J connectivity index is 1.69. The van der Waals surface area contributed by atoms with Crippen LogP contribution in [-0.4, -0.2) is 18.9 Å². The lowest BCUT2D eigenvalue weighted by Gasteiger charge is -2.13. The Morgan fingerprint density at radius 1 is 0.848 bits per heavy atom. The number of hydrogen-bond acceptors (Lipinski definition) is 3. The maximum atomic E-state index is 13.2. The van der Waals surface area contributed by atoms with Crippen LogP contribution in [0.1, 0.15) is 21.5 Å².